The van der Waals surface area contributed by atoms with Crippen LogP contribution in [-0.4, -0.2) is 9.38 Å². The van der Waals surface area contributed by atoms with Crippen molar-refractivity contribution in [3.05, 3.63) is 35.4 Å². The summed E-state index contributed by atoms with van der Waals surface area (Å²) in [5.41, 5.74) is 9.20. The van der Waals surface area contributed by atoms with Crippen LogP contribution in [0.15, 0.2) is 18.3 Å². The zero-order valence-corrected chi connectivity index (χ0v) is 8.90. The summed E-state index contributed by atoms with van der Waals surface area (Å²) in [5, 5.41) is 0. The van der Waals surface area contributed by atoms with Crippen LogP contribution in [-0.2, 0) is 6.54 Å². The molecule has 2 aromatic heterocycles. The number of hydrogen-bond donors (Lipinski definition) is 1. The van der Waals surface area contributed by atoms with Gasteiger partial charge in [0.25, 0.3) is 0 Å². The fourth-order valence-electron chi connectivity index (χ4n) is 2.06. The smallest absolute Gasteiger partial charge is 0.116 e. The van der Waals surface area contributed by atoms with Crippen LogP contribution in [0.2, 0.25) is 0 Å². The van der Waals surface area contributed by atoms with E-state index in [-0.39, 0.29) is 0 Å². The maximum absolute atomic E-state index is 5.72. The minimum absolute atomic E-state index is 0.527. The molecule has 1 saturated carbocycles. The minimum Gasteiger partial charge on any atom is -0.325 e. The first-order valence-electron chi connectivity index (χ1n) is 5.47. The van der Waals surface area contributed by atoms with Gasteiger partial charge in [-0.15, -0.1) is 0 Å². The number of nitrogens with two attached hydrogens (primary N) is 1. The molecular formula is C12H15N3. The molecule has 15 heavy (non-hydrogen) atoms. The Morgan fingerprint density at radius 1 is 1.53 bits per heavy atom. The van der Waals surface area contributed by atoms with Crippen LogP contribution >= 0.6 is 0 Å². The number of pyridine rings is 1. The van der Waals surface area contributed by atoms with E-state index in [2.05, 4.69) is 34.6 Å². The molecule has 3 nitrogen and oxygen atoms in total. The Bertz CT molecular complexity index is 509. The first-order valence-corrected chi connectivity index (χ1v) is 5.47. The van der Waals surface area contributed by atoms with Crippen LogP contribution < -0.4 is 5.73 Å². The first kappa shape index (κ1) is 8.92. The van der Waals surface area contributed by atoms with E-state index in [1.54, 1.807) is 0 Å². The molecule has 3 rings (SSSR count). The van der Waals surface area contributed by atoms with Gasteiger partial charge in [-0.05, 0) is 37.5 Å². The molecule has 0 amide bonds. The monoisotopic (exact) mass is 201 g/mol. The molecule has 3 heteroatoms. The molecule has 78 valence electrons. The summed E-state index contributed by atoms with van der Waals surface area (Å²) >= 11 is 0. The van der Waals surface area contributed by atoms with Gasteiger partial charge in [0.1, 0.15) is 5.82 Å². The highest BCUT2D eigenvalue weighted by molar-refractivity contribution is 5.55. The zero-order valence-electron chi connectivity index (χ0n) is 8.90. The van der Waals surface area contributed by atoms with E-state index < -0.39 is 0 Å². The van der Waals surface area contributed by atoms with Gasteiger partial charge >= 0.3 is 0 Å². The largest absolute Gasteiger partial charge is 0.325 e. The molecule has 2 N–H and O–H groups in total. The quantitative estimate of drug-likeness (QED) is 0.807. The second kappa shape index (κ2) is 3.07. The van der Waals surface area contributed by atoms with Crippen molar-refractivity contribution in [3.63, 3.8) is 0 Å². The van der Waals surface area contributed by atoms with Crippen LogP contribution in [0.25, 0.3) is 5.52 Å². The summed E-state index contributed by atoms with van der Waals surface area (Å²) in [6.07, 6.45) is 4.67. The summed E-state index contributed by atoms with van der Waals surface area (Å²) in [4.78, 5) is 4.65. The summed E-state index contributed by atoms with van der Waals surface area (Å²) < 4.78 is 2.20. The molecule has 2 aromatic rings. The molecule has 0 spiro atoms. The van der Waals surface area contributed by atoms with Crippen molar-refractivity contribution in [2.45, 2.75) is 32.2 Å². The zero-order chi connectivity index (χ0) is 10.4. The molecule has 1 aliphatic carbocycles. The number of rotatable bonds is 2. The predicted molar refractivity (Wildman–Crippen MR) is 59.8 cm³/mol. The normalized spacial score (nSPS) is 16.1. The lowest BCUT2D eigenvalue weighted by Crippen LogP contribution is -1.97. The molecule has 1 fully saturated rings. The molecule has 0 radical (unpaired) electrons. The molecule has 0 bridgehead atoms. The van der Waals surface area contributed by atoms with Crippen LogP contribution in [0.3, 0.4) is 0 Å². The molecule has 1 aliphatic rings. The van der Waals surface area contributed by atoms with Gasteiger partial charge in [-0.1, -0.05) is 0 Å². The van der Waals surface area contributed by atoms with Gasteiger partial charge < -0.3 is 10.1 Å². The fourth-order valence-corrected chi connectivity index (χ4v) is 2.06. The fraction of sp³-hybridized carbons (Fsp3) is 0.417. The maximum atomic E-state index is 5.72. The molecule has 0 aromatic carbocycles. The highest BCUT2D eigenvalue weighted by atomic mass is 15.0. The van der Waals surface area contributed by atoms with Crippen molar-refractivity contribution in [1.82, 2.24) is 9.38 Å². The van der Waals surface area contributed by atoms with Gasteiger partial charge in [0.2, 0.25) is 0 Å². The van der Waals surface area contributed by atoms with E-state index in [1.165, 1.54) is 29.7 Å². The van der Waals surface area contributed by atoms with E-state index in [4.69, 9.17) is 5.73 Å². The number of nitrogens with zero attached hydrogens (tertiary/aromatic N) is 2. The van der Waals surface area contributed by atoms with E-state index in [0.717, 1.165) is 5.69 Å². The van der Waals surface area contributed by atoms with Crippen LogP contribution in [0, 0.1) is 6.92 Å². The third kappa shape index (κ3) is 1.35. The maximum Gasteiger partial charge on any atom is 0.116 e. The molecule has 0 aliphatic heterocycles. The number of hydrogen-bond acceptors (Lipinski definition) is 2. The van der Waals surface area contributed by atoms with Crippen molar-refractivity contribution >= 4 is 5.52 Å². The lowest BCUT2D eigenvalue weighted by atomic mass is 10.2. The standard InChI is InChI=1S/C12H15N3/c1-8-4-5-15-11(6-8)10(7-13)14-12(15)9-2-3-9/h4-6,9H,2-3,7,13H2,1H3. The van der Waals surface area contributed by atoms with E-state index in [9.17, 15) is 0 Å². The summed E-state index contributed by atoms with van der Waals surface area (Å²) in [6.45, 7) is 2.63. The molecule has 0 atom stereocenters. The summed E-state index contributed by atoms with van der Waals surface area (Å²) in [6, 6.07) is 4.29. The Kier molecular flexibility index (Phi) is 1.83. The molecule has 0 unspecified atom stereocenters. The molecule has 0 saturated heterocycles. The van der Waals surface area contributed by atoms with Crippen LogP contribution in [0.5, 0.6) is 0 Å². The van der Waals surface area contributed by atoms with Gasteiger partial charge in [0, 0.05) is 18.7 Å². The van der Waals surface area contributed by atoms with Crippen molar-refractivity contribution in [1.29, 1.82) is 0 Å². The highest BCUT2D eigenvalue weighted by Crippen LogP contribution is 2.40. The second-order valence-electron chi connectivity index (χ2n) is 4.35. The number of imidazole rings is 1. The van der Waals surface area contributed by atoms with Gasteiger partial charge in [0.15, 0.2) is 0 Å². The summed E-state index contributed by atoms with van der Waals surface area (Å²) in [5.74, 6) is 1.87. The highest BCUT2D eigenvalue weighted by Gasteiger charge is 2.28. The van der Waals surface area contributed by atoms with E-state index in [1.807, 2.05) is 0 Å². The van der Waals surface area contributed by atoms with Gasteiger partial charge in [0.05, 0.1) is 11.2 Å². The Balaban J connectivity index is 2.28. The van der Waals surface area contributed by atoms with Gasteiger partial charge in [-0.25, -0.2) is 4.98 Å². The number of aryl methyl sites for hydroxylation is 1. The average Bonchev–Trinajstić information content (AvgIpc) is 3.01. The Morgan fingerprint density at radius 2 is 2.33 bits per heavy atom. The Morgan fingerprint density at radius 3 is 3.00 bits per heavy atom. The Labute approximate surface area is 88.9 Å². The lowest BCUT2D eigenvalue weighted by Gasteiger charge is -2.00. The van der Waals surface area contributed by atoms with Crippen LogP contribution in [0.4, 0.5) is 0 Å². The van der Waals surface area contributed by atoms with Crippen LogP contribution in [0.1, 0.15) is 35.8 Å². The minimum atomic E-state index is 0.527. The lowest BCUT2D eigenvalue weighted by molar-refractivity contribution is 0.903. The summed E-state index contributed by atoms with van der Waals surface area (Å²) in [7, 11) is 0. The molecular weight excluding hydrogens is 186 g/mol. The SMILES string of the molecule is Cc1ccn2c(C3CC3)nc(CN)c2c1. The van der Waals surface area contributed by atoms with E-state index in [0.29, 0.717) is 12.5 Å². The Hall–Kier alpha value is -1.35. The van der Waals surface area contributed by atoms with Crippen molar-refractivity contribution < 1.29 is 0 Å². The third-order valence-corrected chi connectivity index (χ3v) is 3.04. The van der Waals surface area contributed by atoms with E-state index >= 15 is 0 Å². The number of fused-ring (bicyclic) bond motifs is 1. The van der Waals surface area contributed by atoms with Crippen molar-refractivity contribution in [3.8, 4) is 0 Å². The predicted octanol–water partition coefficient (Wildman–Crippen LogP) is 1.98. The van der Waals surface area contributed by atoms with Crippen molar-refractivity contribution in [2.75, 3.05) is 0 Å². The second-order valence-corrected chi connectivity index (χ2v) is 4.35. The average molecular weight is 201 g/mol. The molecule has 2 heterocycles. The van der Waals surface area contributed by atoms with Gasteiger partial charge in [-0.3, -0.25) is 0 Å². The number of aromatic nitrogens is 2. The van der Waals surface area contributed by atoms with Crippen molar-refractivity contribution in [2.24, 2.45) is 5.73 Å². The topological polar surface area (TPSA) is 43.3 Å². The first-order chi connectivity index (χ1) is 7.29. The van der Waals surface area contributed by atoms with Gasteiger partial charge in [-0.2, -0.15) is 0 Å². The third-order valence-electron chi connectivity index (χ3n) is 3.04.